The van der Waals surface area contributed by atoms with Gasteiger partial charge in [-0.1, -0.05) is 30.3 Å². The van der Waals surface area contributed by atoms with E-state index >= 15 is 0 Å². The molecule has 1 atom stereocenters. The fourth-order valence-corrected chi connectivity index (χ4v) is 2.38. The van der Waals surface area contributed by atoms with Gasteiger partial charge in [0.15, 0.2) is 0 Å². The highest BCUT2D eigenvalue weighted by molar-refractivity contribution is 5.85. The number of pyridine rings is 1. The molecule has 0 bridgehead atoms. The van der Waals surface area contributed by atoms with Crippen LogP contribution in [-0.4, -0.2) is 10.1 Å². The van der Waals surface area contributed by atoms with Gasteiger partial charge in [0.05, 0.1) is 6.10 Å². The van der Waals surface area contributed by atoms with Gasteiger partial charge in [-0.3, -0.25) is 4.98 Å². The molecule has 0 saturated heterocycles. The van der Waals surface area contributed by atoms with Crippen LogP contribution in [0.4, 0.5) is 4.39 Å². The molecule has 100 valence electrons. The van der Waals surface area contributed by atoms with Gasteiger partial charge in [0.2, 0.25) is 0 Å². The van der Waals surface area contributed by atoms with Gasteiger partial charge in [-0.2, -0.15) is 0 Å². The molecule has 3 heteroatoms. The van der Waals surface area contributed by atoms with Gasteiger partial charge in [0.1, 0.15) is 5.82 Å². The molecular weight excluding hydrogens is 253 g/mol. The predicted molar refractivity (Wildman–Crippen MR) is 76.8 cm³/mol. The Hall–Kier alpha value is -2.26. The molecule has 2 aromatic carbocycles. The zero-order valence-corrected chi connectivity index (χ0v) is 10.8. The summed E-state index contributed by atoms with van der Waals surface area (Å²) in [4.78, 5) is 4.11. The molecular formula is C17H14FNO. The third-order valence-electron chi connectivity index (χ3n) is 3.42. The lowest BCUT2D eigenvalue weighted by Gasteiger charge is -2.13. The van der Waals surface area contributed by atoms with Gasteiger partial charge in [-0.25, -0.2) is 4.39 Å². The van der Waals surface area contributed by atoms with Crippen molar-refractivity contribution in [2.75, 3.05) is 0 Å². The van der Waals surface area contributed by atoms with Crippen LogP contribution in [0.3, 0.4) is 0 Å². The fourth-order valence-electron chi connectivity index (χ4n) is 2.38. The summed E-state index contributed by atoms with van der Waals surface area (Å²) in [5, 5.41) is 12.4. The van der Waals surface area contributed by atoms with Crippen LogP contribution in [0.1, 0.15) is 17.2 Å². The normalized spacial score (nSPS) is 12.5. The molecule has 20 heavy (non-hydrogen) atoms. The van der Waals surface area contributed by atoms with Crippen molar-refractivity contribution in [3.8, 4) is 0 Å². The maximum Gasteiger partial charge on any atom is 0.123 e. The van der Waals surface area contributed by atoms with Gasteiger partial charge in [0.25, 0.3) is 0 Å². The second kappa shape index (κ2) is 5.39. The number of rotatable bonds is 3. The Bertz CT molecular complexity index is 719. The van der Waals surface area contributed by atoms with Crippen molar-refractivity contribution in [2.45, 2.75) is 12.5 Å². The van der Waals surface area contributed by atoms with Gasteiger partial charge in [0, 0.05) is 24.2 Å². The second-order valence-corrected chi connectivity index (χ2v) is 4.79. The van der Waals surface area contributed by atoms with Crippen molar-refractivity contribution in [3.05, 3.63) is 77.9 Å². The zero-order valence-electron chi connectivity index (χ0n) is 10.8. The van der Waals surface area contributed by atoms with Crippen LogP contribution in [0.15, 0.2) is 60.9 Å². The number of hydrogen-bond donors (Lipinski definition) is 1. The molecule has 1 aromatic heterocycles. The summed E-state index contributed by atoms with van der Waals surface area (Å²) in [7, 11) is 0. The highest BCUT2D eigenvalue weighted by Crippen LogP contribution is 2.26. The third-order valence-corrected chi connectivity index (χ3v) is 3.42. The van der Waals surface area contributed by atoms with Crippen molar-refractivity contribution < 1.29 is 9.50 Å². The molecule has 0 saturated carbocycles. The average molecular weight is 267 g/mol. The summed E-state index contributed by atoms with van der Waals surface area (Å²) in [5.41, 5.74) is 1.75. The summed E-state index contributed by atoms with van der Waals surface area (Å²) in [6.45, 7) is 0. The number of benzene rings is 2. The van der Waals surface area contributed by atoms with E-state index < -0.39 is 6.10 Å². The average Bonchev–Trinajstić information content (AvgIpc) is 2.49. The Morgan fingerprint density at radius 3 is 2.65 bits per heavy atom. The predicted octanol–water partition coefficient (Wildman–Crippen LogP) is 3.65. The first-order valence-electron chi connectivity index (χ1n) is 6.49. The largest absolute Gasteiger partial charge is 0.388 e. The van der Waals surface area contributed by atoms with Gasteiger partial charge < -0.3 is 5.11 Å². The minimum Gasteiger partial charge on any atom is -0.388 e. The Kier molecular flexibility index (Phi) is 3.44. The van der Waals surface area contributed by atoms with Crippen LogP contribution in [0.2, 0.25) is 0 Å². The topological polar surface area (TPSA) is 33.1 Å². The van der Waals surface area contributed by atoms with Crippen LogP contribution >= 0.6 is 0 Å². The molecule has 0 radical (unpaired) electrons. The molecule has 0 aliphatic rings. The number of nitrogens with zero attached hydrogens (tertiary/aromatic N) is 1. The van der Waals surface area contributed by atoms with E-state index in [9.17, 15) is 9.50 Å². The molecule has 0 aliphatic carbocycles. The standard InChI is InChI=1S/C17H14FNO/c18-14-6-4-12(5-7-14)10-17(20)15-3-1-2-13-8-9-19-11-16(13)15/h1-9,11,17,20H,10H2. The lowest BCUT2D eigenvalue weighted by atomic mass is 9.97. The number of hydrogen-bond acceptors (Lipinski definition) is 2. The van der Waals surface area contributed by atoms with E-state index in [0.29, 0.717) is 6.42 Å². The van der Waals surface area contributed by atoms with Crippen molar-refractivity contribution in [1.29, 1.82) is 0 Å². The summed E-state index contributed by atoms with van der Waals surface area (Å²) >= 11 is 0. The molecule has 3 rings (SSSR count). The van der Waals surface area contributed by atoms with Crippen LogP contribution in [0.25, 0.3) is 10.8 Å². The quantitative estimate of drug-likeness (QED) is 0.785. The molecule has 1 heterocycles. The van der Waals surface area contributed by atoms with Crippen LogP contribution in [0, 0.1) is 5.82 Å². The Labute approximate surface area is 116 Å². The fraction of sp³-hybridized carbons (Fsp3) is 0.118. The second-order valence-electron chi connectivity index (χ2n) is 4.79. The van der Waals surface area contributed by atoms with E-state index in [2.05, 4.69) is 4.98 Å². The van der Waals surface area contributed by atoms with Crippen LogP contribution in [-0.2, 0) is 6.42 Å². The van der Waals surface area contributed by atoms with E-state index in [1.807, 2.05) is 24.3 Å². The highest BCUT2D eigenvalue weighted by Gasteiger charge is 2.12. The third kappa shape index (κ3) is 2.53. The molecule has 1 unspecified atom stereocenters. The molecule has 2 nitrogen and oxygen atoms in total. The molecule has 0 fully saturated rings. The summed E-state index contributed by atoms with van der Waals surface area (Å²) < 4.78 is 12.9. The summed E-state index contributed by atoms with van der Waals surface area (Å²) in [6.07, 6.45) is 3.32. The Balaban J connectivity index is 1.92. The van der Waals surface area contributed by atoms with Crippen LogP contribution in [0.5, 0.6) is 0 Å². The molecule has 3 aromatic rings. The minimum atomic E-state index is -0.631. The van der Waals surface area contributed by atoms with Crippen molar-refractivity contribution in [1.82, 2.24) is 4.98 Å². The highest BCUT2D eigenvalue weighted by atomic mass is 19.1. The van der Waals surface area contributed by atoms with Gasteiger partial charge in [-0.05, 0) is 34.7 Å². The number of fused-ring (bicyclic) bond motifs is 1. The van der Waals surface area contributed by atoms with Crippen molar-refractivity contribution in [2.24, 2.45) is 0 Å². The maximum absolute atomic E-state index is 12.9. The summed E-state index contributed by atoms with van der Waals surface area (Å²) in [5.74, 6) is -0.266. The smallest absolute Gasteiger partial charge is 0.123 e. The monoisotopic (exact) mass is 267 g/mol. The van der Waals surface area contributed by atoms with E-state index in [0.717, 1.165) is 21.9 Å². The lowest BCUT2D eigenvalue weighted by Crippen LogP contribution is -2.02. The zero-order chi connectivity index (χ0) is 13.9. The minimum absolute atomic E-state index is 0.266. The van der Waals surface area contributed by atoms with Gasteiger partial charge >= 0.3 is 0 Å². The van der Waals surface area contributed by atoms with Gasteiger partial charge in [-0.15, -0.1) is 0 Å². The van der Waals surface area contributed by atoms with Crippen LogP contribution < -0.4 is 0 Å². The number of aromatic nitrogens is 1. The van der Waals surface area contributed by atoms with Crippen molar-refractivity contribution >= 4 is 10.8 Å². The first-order chi connectivity index (χ1) is 9.74. The Morgan fingerprint density at radius 1 is 1.05 bits per heavy atom. The molecule has 0 amide bonds. The molecule has 0 aliphatic heterocycles. The van der Waals surface area contributed by atoms with E-state index in [-0.39, 0.29) is 5.82 Å². The van der Waals surface area contributed by atoms with Crippen molar-refractivity contribution in [3.63, 3.8) is 0 Å². The van der Waals surface area contributed by atoms with E-state index in [1.54, 1.807) is 24.5 Å². The maximum atomic E-state index is 12.9. The van der Waals surface area contributed by atoms with E-state index in [4.69, 9.17) is 0 Å². The number of halogens is 1. The first kappa shape index (κ1) is 12.8. The Morgan fingerprint density at radius 2 is 1.85 bits per heavy atom. The lowest BCUT2D eigenvalue weighted by molar-refractivity contribution is 0.180. The number of aliphatic hydroxyl groups excluding tert-OH is 1. The SMILES string of the molecule is OC(Cc1ccc(F)cc1)c1cccc2ccncc12. The molecule has 1 N–H and O–H groups in total. The molecule has 0 spiro atoms. The number of aliphatic hydroxyl groups is 1. The van der Waals surface area contributed by atoms with E-state index in [1.165, 1.54) is 12.1 Å². The summed E-state index contributed by atoms with van der Waals surface area (Å²) in [6, 6.07) is 13.9. The first-order valence-corrected chi connectivity index (χ1v) is 6.49.